The predicted octanol–water partition coefficient (Wildman–Crippen LogP) is 10.9. The van der Waals surface area contributed by atoms with E-state index in [1.807, 2.05) is 0 Å². The molecule has 0 heterocycles. The Balaban J connectivity index is 3.42. The summed E-state index contributed by atoms with van der Waals surface area (Å²) in [6.45, 7) is 6.81. The van der Waals surface area contributed by atoms with Gasteiger partial charge in [0, 0.05) is 13.1 Å². The summed E-state index contributed by atoms with van der Waals surface area (Å²) >= 11 is 9.86. The minimum Gasteiger partial charge on any atom is -0.358 e. The maximum absolute atomic E-state index is 5.38. The molecule has 0 saturated heterocycles. The van der Waals surface area contributed by atoms with E-state index in [9.17, 15) is 0 Å². The number of thiol groups is 1. The molecular weight excluding hydrogens is 426 g/mol. The molecule has 0 unspecified atom stereocenters. The van der Waals surface area contributed by atoms with Gasteiger partial charge in [-0.3, -0.25) is 0 Å². The third-order valence-electron chi connectivity index (χ3n) is 6.83. The van der Waals surface area contributed by atoms with Gasteiger partial charge in [0.25, 0.3) is 0 Å². The second kappa shape index (κ2) is 27.5. The van der Waals surface area contributed by atoms with Crippen LogP contribution in [0.4, 0.5) is 0 Å². The van der Waals surface area contributed by atoms with Gasteiger partial charge in [-0.1, -0.05) is 167 Å². The van der Waals surface area contributed by atoms with Gasteiger partial charge >= 0.3 is 0 Å². The van der Waals surface area contributed by atoms with Crippen LogP contribution in [0.1, 0.15) is 168 Å². The van der Waals surface area contributed by atoms with Crippen LogP contribution in [-0.4, -0.2) is 22.3 Å². The number of nitrogens with zero attached hydrogens (tertiary/aromatic N) is 1. The van der Waals surface area contributed by atoms with Gasteiger partial charge in [-0.05, 0) is 12.8 Å². The van der Waals surface area contributed by atoms with Crippen molar-refractivity contribution < 1.29 is 0 Å². The first kappa shape index (κ1) is 32.2. The van der Waals surface area contributed by atoms with Gasteiger partial charge in [0.15, 0.2) is 0 Å². The van der Waals surface area contributed by atoms with E-state index in [4.69, 9.17) is 12.2 Å². The highest BCUT2D eigenvalue weighted by molar-refractivity contribution is 8.10. The highest BCUT2D eigenvalue weighted by atomic mass is 32.1. The summed E-state index contributed by atoms with van der Waals surface area (Å²) in [5.74, 6) is 0. The lowest BCUT2D eigenvalue weighted by atomic mass is 10.0. The Bertz CT molecular complexity index is 344. The Kier molecular flexibility index (Phi) is 27.7. The van der Waals surface area contributed by atoms with Crippen LogP contribution in [0.15, 0.2) is 0 Å². The van der Waals surface area contributed by atoms with E-state index in [-0.39, 0.29) is 0 Å². The fourth-order valence-corrected chi connectivity index (χ4v) is 4.97. The number of rotatable bonds is 26. The number of unbranched alkanes of at least 4 members (excludes halogenated alkanes) is 22. The molecule has 0 aromatic heterocycles. The molecule has 0 N–H and O–H groups in total. The highest BCUT2D eigenvalue weighted by Gasteiger charge is 2.05. The van der Waals surface area contributed by atoms with Gasteiger partial charge in [-0.25, -0.2) is 0 Å². The van der Waals surface area contributed by atoms with Crippen LogP contribution in [0.5, 0.6) is 0 Å². The van der Waals surface area contributed by atoms with Crippen LogP contribution in [0, 0.1) is 0 Å². The molecule has 0 rings (SSSR count). The van der Waals surface area contributed by atoms with Crippen molar-refractivity contribution in [2.75, 3.05) is 13.1 Å². The van der Waals surface area contributed by atoms with Crippen molar-refractivity contribution in [1.82, 2.24) is 4.90 Å². The number of thiocarbonyl (C=S) groups is 1. The summed E-state index contributed by atoms with van der Waals surface area (Å²) in [4.78, 5) is 2.34. The molecule has 0 saturated carbocycles. The second-order valence-electron chi connectivity index (χ2n) is 10.0. The van der Waals surface area contributed by atoms with Gasteiger partial charge in [0.05, 0.1) is 0 Å². The molecule has 1 nitrogen and oxygen atoms in total. The monoisotopic (exact) mass is 485 g/mol. The molecule has 0 atom stereocenters. The van der Waals surface area contributed by atoms with Crippen LogP contribution < -0.4 is 0 Å². The fraction of sp³-hybridized carbons (Fsp3) is 0.966. The summed E-state index contributed by atoms with van der Waals surface area (Å²) in [6, 6.07) is 0. The van der Waals surface area contributed by atoms with Crippen molar-refractivity contribution in [2.45, 2.75) is 168 Å². The highest BCUT2D eigenvalue weighted by Crippen LogP contribution is 2.14. The summed E-state index contributed by atoms with van der Waals surface area (Å²) in [7, 11) is 0. The molecule has 0 aromatic rings. The van der Waals surface area contributed by atoms with Gasteiger partial charge in [-0.2, -0.15) is 0 Å². The molecule has 0 bridgehead atoms. The molecule has 0 spiro atoms. The molecular formula is C29H59NS2. The molecule has 192 valence electrons. The topological polar surface area (TPSA) is 3.24 Å². The van der Waals surface area contributed by atoms with E-state index in [2.05, 4.69) is 31.4 Å². The van der Waals surface area contributed by atoms with Crippen molar-refractivity contribution in [3.63, 3.8) is 0 Å². The summed E-state index contributed by atoms with van der Waals surface area (Å²) in [5.41, 5.74) is 0. The van der Waals surface area contributed by atoms with Crippen LogP contribution >= 0.6 is 24.8 Å². The zero-order chi connectivity index (χ0) is 23.5. The van der Waals surface area contributed by atoms with Gasteiger partial charge in [0.1, 0.15) is 4.32 Å². The minimum atomic E-state index is 0.802. The molecule has 0 aliphatic carbocycles. The van der Waals surface area contributed by atoms with E-state index in [0.29, 0.717) is 0 Å². The van der Waals surface area contributed by atoms with Crippen LogP contribution in [0.2, 0.25) is 0 Å². The molecule has 0 fully saturated rings. The molecule has 0 amide bonds. The normalized spacial score (nSPS) is 11.2. The molecule has 32 heavy (non-hydrogen) atoms. The van der Waals surface area contributed by atoms with E-state index >= 15 is 0 Å². The Morgan fingerprint density at radius 1 is 0.438 bits per heavy atom. The van der Waals surface area contributed by atoms with Crippen LogP contribution in [0.3, 0.4) is 0 Å². The van der Waals surface area contributed by atoms with Crippen molar-refractivity contribution in [1.29, 1.82) is 0 Å². The van der Waals surface area contributed by atoms with Crippen molar-refractivity contribution in [3.8, 4) is 0 Å². The minimum absolute atomic E-state index is 0.802. The van der Waals surface area contributed by atoms with Crippen molar-refractivity contribution in [2.24, 2.45) is 0 Å². The third kappa shape index (κ3) is 24.9. The maximum atomic E-state index is 5.38. The molecule has 3 heteroatoms. The lowest BCUT2D eigenvalue weighted by Gasteiger charge is -2.22. The lowest BCUT2D eigenvalue weighted by Crippen LogP contribution is -2.28. The lowest BCUT2D eigenvalue weighted by molar-refractivity contribution is 0.394. The van der Waals surface area contributed by atoms with E-state index in [1.165, 1.54) is 154 Å². The fourth-order valence-electron chi connectivity index (χ4n) is 4.59. The maximum Gasteiger partial charge on any atom is 0.133 e. The van der Waals surface area contributed by atoms with Crippen molar-refractivity contribution in [3.05, 3.63) is 0 Å². The Morgan fingerprint density at radius 2 is 0.656 bits per heavy atom. The zero-order valence-corrected chi connectivity index (χ0v) is 23.9. The quantitative estimate of drug-likeness (QED) is 0.0737. The first-order valence-corrected chi connectivity index (χ1v) is 15.6. The first-order chi connectivity index (χ1) is 15.7. The second-order valence-corrected chi connectivity index (χ2v) is 11.2. The Labute approximate surface area is 214 Å². The predicted molar refractivity (Wildman–Crippen MR) is 155 cm³/mol. The Hall–Kier alpha value is 0.240. The SMILES string of the molecule is CCCCCCCCCCCCCCN(CCCCCCCCCCCCCC)C(=S)S. The van der Waals surface area contributed by atoms with Crippen LogP contribution in [0.25, 0.3) is 0 Å². The molecule has 0 aromatic carbocycles. The third-order valence-corrected chi connectivity index (χ3v) is 7.37. The number of hydrogen-bond acceptors (Lipinski definition) is 1. The average Bonchev–Trinajstić information content (AvgIpc) is 2.78. The van der Waals surface area contributed by atoms with E-state index < -0.39 is 0 Å². The van der Waals surface area contributed by atoms with E-state index in [0.717, 1.165) is 17.4 Å². The van der Waals surface area contributed by atoms with Gasteiger partial charge in [-0.15, -0.1) is 12.6 Å². The van der Waals surface area contributed by atoms with Crippen LogP contribution in [-0.2, 0) is 0 Å². The number of hydrogen-bond donors (Lipinski definition) is 1. The largest absolute Gasteiger partial charge is 0.358 e. The van der Waals surface area contributed by atoms with Gasteiger partial charge in [0.2, 0.25) is 0 Å². The summed E-state index contributed by atoms with van der Waals surface area (Å²) in [5, 5.41) is 0. The zero-order valence-electron chi connectivity index (χ0n) is 22.2. The molecule has 0 radical (unpaired) electrons. The average molecular weight is 486 g/mol. The van der Waals surface area contributed by atoms with E-state index in [1.54, 1.807) is 0 Å². The smallest absolute Gasteiger partial charge is 0.133 e. The summed E-state index contributed by atoms with van der Waals surface area (Å²) in [6.07, 6.45) is 33.8. The standard InChI is InChI=1S/C29H59NS2/c1-3-5-7-9-11-13-15-17-19-21-23-25-27-30(29(31)32)28-26-24-22-20-18-16-14-12-10-8-6-4-2/h3-28H2,1-2H3,(H,31,32). The van der Waals surface area contributed by atoms with Crippen molar-refractivity contribution >= 4 is 29.2 Å². The molecule has 0 aliphatic heterocycles. The first-order valence-electron chi connectivity index (χ1n) is 14.7. The Morgan fingerprint density at radius 3 is 0.875 bits per heavy atom. The molecule has 0 aliphatic rings. The van der Waals surface area contributed by atoms with Gasteiger partial charge < -0.3 is 4.90 Å². The summed E-state index contributed by atoms with van der Waals surface area (Å²) < 4.78 is 0.802.